The zero-order valence-corrected chi connectivity index (χ0v) is 19.4. The van der Waals surface area contributed by atoms with Gasteiger partial charge in [0.25, 0.3) is 5.19 Å². The van der Waals surface area contributed by atoms with Crippen molar-refractivity contribution in [2.75, 3.05) is 12.3 Å². The monoisotopic (exact) mass is 407 g/mol. The summed E-state index contributed by atoms with van der Waals surface area (Å²) in [5.74, 6) is 0. The third-order valence-corrected chi connectivity index (χ3v) is 10.5. The Bertz CT molecular complexity index is 743. The Balaban J connectivity index is 2.08. The van der Waals surface area contributed by atoms with Crippen molar-refractivity contribution in [1.29, 1.82) is 0 Å². The van der Waals surface area contributed by atoms with E-state index in [9.17, 15) is 0 Å². The highest BCUT2D eigenvalue weighted by atomic mass is 32.1. The van der Waals surface area contributed by atoms with Crippen molar-refractivity contribution >= 4 is 24.8 Å². The summed E-state index contributed by atoms with van der Waals surface area (Å²) in [6, 6.07) is 0. The van der Waals surface area contributed by atoms with Crippen molar-refractivity contribution in [3.63, 3.8) is 0 Å². The van der Waals surface area contributed by atoms with E-state index >= 15 is 0 Å². The van der Waals surface area contributed by atoms with Crippen LogP contribution in [-0.4, -0.2) is 30.7 Å². The summed E-state index contributed by atoms with van der Waals surface area (Å²) in [4.78, 5) is 0. The summed E-state index contributed by atoms with van der Waals surface area (Å²) in [6.45, 7) is 16.2. The molecule has 5 nitrogen and oxygen atoms in total. The van der Waals surface area contributed by atoms with E-state index in [2.05, 4.69) is 82.2 Å². The molecule has 2 N–H and O–H groups in total. The minimum Gasteiger partial charge on any atom is -0.464 e. The van der Waals surface area contributed by atoms with E-state index in [1.165, 1.54) is 16.9 Å². The summed E-state index contributed by atoms with van der Waals surface area (Å²) in [6.07, 6.45) is 10.7. The van der Waals surface area contributed by atoms with Gasteiger partial charge in [0.15, 0.2) is 8.32 Å². The number of nitrogen functional groups attached to an aromatic ring is 1. The van der Waals surface area contributed by atoms with E-state index in [0.717, 1.165) is 18.4 Å². The van der Waals surface area contributed by atoms with Gasteiger partial charge in [-0.15, -0.1) is 5.10 Å². The molecule has 27 heavy (non-hydrogen) atoms. The fraction of sp³-hybridized carbons (Fsp3) is 0.600. The van der Waals surface area contributed by atoms with Gasteiger partial charge >= 0.3 is 0 Å². The van der Waals surface area contributed by atoms with Crippen molar-refractivity contribution < 1.29 is 9.16 Å². The van der Waals surface area contributed by atoms with Gasteiger partial charge < -0.3 is 14.9 Å². The van der Waals surface area contributed by atoms with Crippen LogP contribution in [0.5, 0.6) is 5.19 Å². The first-order valence-corrected chi connectivity index (χ1v) is 13.1. The molecule has 0 aromatic carbocycles. The first-order valence-electron chi connectivity index (χ1n) is 9.40. The van der Waals surface area contributed by atoms with E-state index in [-0.39, 0.29) is 10.6 Å². The Kier molecular flexibility index (Phi) is 6.71. The summed E-state index contributed by atoms with van der Waals surface area (Å²) in [5, 5.41) is 8.78. The predicted molar refractivity (Wildman–Crippen MR) is 117 cm³/mol. The lowest BCUT2D eigenvalue weighted by atomic mass is 9.94. The van der Waals surface area contributed by atoms with E-state index in [0.29, 0.717) is 16.9 Å². The van der Waals surface area contributed by atoms with Gasteiger partial charge in [0.2, 0.25) is 5.13 Å². The molecule has 0 aliphatic heterocycles. The first-order chi connectivity index (χ1) is 12.4. The maximum Gasteiger partial charge on any atom is 0.296 e. The lowest BCUT2D eigenvalue weighted by Gasteiger charge is -2.43. The van der Waals surface area contributed by atoms with Crippen LogP contribution in [0.4, 0.5) is 5.13 Å². The molecule has 0 fully saturated rings. The van der Waals surface area contributed by atoms with Gasteiger partial charge in [-0.05, 0) is 67.3 Å². The molecule has 0 saturated heterocycles. The topological polar surface area (TPSA) is 70.3 Å². The minimum atomic E-state index is -1.87. The molecular formula is C20H33N3O2SSi. The normalized spacial score (nSPS) is 21.4. The highest BCUT2D eigenvalue weighted by Crippen LogP contribution is 2.41. The van der Waals surface area contributed by atoms with Crippen LogP contribution in [0.1, 0.15) is 47.5 Å². The lowest BCUT2D eigenvalue weighted by molar-refractivity contribution is 0.132. The number of nitrogens with zero attached hydrogens (tertiary/aromatic N) is 2. The second-order valence-corrected chi connectivity index (χ2v) is 14.6. The van der Waals surface area contributed by atoms with Crippen LogP contribution in [0.3, 0.4) is 0 Å². The molecular weight excluding hydrogens is 374 g/mol. The lowest BCUT2D eigenvalue weighted by Crippen LogP contribution is -2.48. The molecule has 1 aromatic heterocycles. The van der Waals surface area contributed by atoms with Gasteiger partial charge in [0, 0.05) is 0 Å². The van der Waals surface area contributed by atoms with Crippen LogP contribution in [0, 0.1) is 0 Å². The minimum absolute atomic E-state index is 0.179. The average molecular weight is 408 g/mol. The van der Waals surface area contributed by atoms with E-state index in [1.54, 1.807) is 0 Å². The molecule has 0 atom stereocenters. The molecule has 0 radical (unpaired) electrons. The molecule has 0 saturated carbocycles. The van der Waals surface area contributed by atoms with Crippen molar-refractivity contribution in [3.05, 3.63) is 35.5 Å². The van der Waals surface area contributed by atoms with Gasteiger partial charge in [-0.25, -0.2) is 0 Å². The van der Waals surface area contributed by atoms with Crippen LogP contribution in [-0.2, 0) is 4.43 Å². The SMILES string of the molecule is CC(C)(O[Si](C)(C)C(C)(C)C)C1=C/CC/C=C(COc2nnc(N)s2)/C=C\1. The first kappa shape index (κ1) is 21.9. The van der Waals surface area contributed by atoms with Gasteiger partial charge in [-0.1, -0.05) is 50.2 Å². The molecule has 7 heteroatoms. The molecule has 1 heterocycles. The second-order valence-electron chi connectivity index (χ2n) is 8.92. The largest absolute Gasteiger partial charge is 0.464 e. The Morgan fingerprint density at radius 1 is 1.07 bits per heavy atom. The van der Waals surface area contributed by atoms with Crippen molar-refractivity contribution in [2.45, 2.75) is 71.2 Å². The van der Waals surface area contributed by atoms with Crippen molar-refractivity contribution in [2.24, 2.45) is 0 Å². The summed E-state index contributed by atoms with van der Waals surface area (Å²) < 4.78 is 12.4. The number of rotatable bonds is 6. The number of ether oxygens (including phenoxy) is 1. The zero-order valence-electron chi connectivity index (χ0n) is 17.6. The third kappa shape index (κ3) is 6.02. The fourth-order valence-corrected chi connectivity index (χ4v) is 4.83. The standard InChI is InChI=1S/C20H33N3O2SSi/c1-19(2,3)27(6,7)25-20(4,5)16-11-9-8-10-15(12-13-16)14-24-18-23-22-17(21)26-18/h10-13H,8-9,14H2,1-7H3,(H2,21,22)/b13-12-,15-10-,16-11+. The highest BCUT2D eigenvalue weighted by molar-refractivity contribution is 7.16. The van der Waals surface area contributed by atoms with Crippen LogP contribution >= 0.6 is 11.3 Å². The van der Waals surface area contributed by atoms with Crippen LogP contribution < -0.4 is 10.5 Å². The third-order valence-electron chi connectivity index (χ3n) is 5.21. The maximum absolute atomic E-state index is 6.73. The zero-order chi connectivity index (χ0) is 20.3. The molecule has 1 aliphatic rings. The quantitative estimate of drug-likeness (QED) is 0.630. The summed E-state index contributed by atoms with van der Waals surface area (Å²) in [5.41, 5.74) is 7.62. The molecule has 150 valence electrons. The van der Waals surface area contributed by atoms with Gasteiger partial charge in [-0.2, -0.15) is 0 Å². The number of aromatic nitrogens is 2. The number of nitrogens with two attached hydrogens (primary N) is 1. The summed E-state index contributed by atoms with van der Waals surface area (Å²) in [7, 11) is -1.87. The van der Waals surface area contributed by atoms with Crippen LogP contribution in [0.15, 0.2) is 35.5 Å². The summed E-state index contributed by atoms with van der Waals surface area (Å²) >= 11 is 1.25. The smallest absolute Gasteiger partial charge is 0.296 e. The Hall–Kier alpha value is -1.44. The fourth-order valence-electron chi connectivity index (χ4n) is 2.67. The van der Waals surface area contributed by atoms with E-state index < -0.39 is 8.32 Å². The molecule has 1 aromatic rings. The van der Waals surface area contributed by atoms with Gasteiger partial charge in [-0.3, -0.25) is 0 Å². The van der Waals surface area contributed by atoms with Gasteiger partial charge in [0.05, 0.1) is 5.60 Å². The Morgan fingerprint density at radius 2 is 1.74 bits per heavy atom. The predicted octanol–water partition coefficient (Wildman–Crippen LogP) is 5.50. The molecule has 0 spiro atoms. The van der Waals surface area contributed by atoms with E-state index in [1.807, 2.05) is 0 Å². The van der Waals surface area contributed by atoms with Crippen molar-refractivity contribution in [3.8, 4) is 5.19 Å². The maximum atomic E-state index is 6.73. The number of hydrogen-bond acceptors (Lipinski definition) is 6. The van der Waals surface area contributed by atoms with Crippen LogP contribution in [0.25, 0.3) is 0 Å². The van der Waals surface area contributed by atoms with Crippen LogP contribution in [0.2, 0.25) is 18.1 Å². The number of allylic oxidation sites excluding steroid dienone is 2. The average Bonchev–Trinajstić information content (AvgIpc) is 2.89. The number of hydrogen-bond donors (Lipinski definition) is 1. The molecule has 0 bridgehead atoms. The second kappa shape index (κ2) is 8.28. The highest BCUT2D eigenvalue weighted by Gasteiger charge is 2.42. The molecule has 2 rings (SSSR count). The molecule has 1 aliphatic carbocycles. The van der Waals surface area contributed by atoms with Crippen molar-refractivity contribution in [1.82, 2.24) is 10.2 Å². The van der Waals surface area contributed by atoms with Gasteiger partial charge in [0.1, 0.15) is 6.61 Å². The Morgan fingerprint density at radius 3 is 2.33 bits per heavy atom. The Labute approximate surface area is 168 Å². The molecule has 0 amide bonds. The number of anilines is 1. The molecule has 0 unspecified atom stereocenters. The van der Waals surface area contributed by atoms with E-state index in [4.69, 9.17) is 14.9 Å².